The Morgan fingerprint density at radius 1 is 0.248 bits per heavy atom. The van der Waals surface area contributed by atoms with E-state index in [1.165, 1.54) is 163 Å². The predicted octanol–water partition coefficient (Wildman–Crippen LogP) is 38.8. The minimum atomic E-state index is -0.775. The van der Waals surface area contributed by atoms with E-state index < -0.39 is 34.9 Å². The second-order valence-corrected chi connectivity index (χ2v) is 34.8. The van der Waals surface area contributed by atoms with Gasteiger partial charge in [0.05, 0.1) is 13.7 Å². The summed E-state index contributed by atoms with van der Waals surface area (Å²) in [4.78, 5) is 0. The van der Waals surface area contributed by atoms with E-state index in [0.717, 1.165) is 96.5 Å². The molecule has 0 aliphatic carbocycles. The van der Waals surface area contributed by atoms with Gasteiger partial charge in [-0.25, -0.2) is 39.5 Å². The molecule has 0 saturated heterocycles. The van der Waals surface area contributed by atoms with Crippen LogP contribution in [0.25, 0.3) is 0 Å². The van der Waals surface area contributed by atoms with Gasteiger partial charge in [0.1, 0.15) is 59.7 Å². The maximum Gasteiger partial charge on any atom is 0.246 e. The largest absolute Gasteiger partial charge is 0.496 e. The standard InChI is InChI=1S/C10H12O2.C9H10O2.2C9H12O.C9H12.C8H9Cl.C8H8F2.2C8H9F.3C8H10.2C7H6F2.C7H7F.6CH4/c1-7-4-5-8-9(6-7)12-10(2,3)11-8;1-7-2-3-8-9(6-7)11-5-4-10-8;1-7-5-4-6-9(10-3)8(7)2;1-7-3-4-9(6-10)8(2)5-7;1-7-5-4-6-8(2)9(7)3;1-6-4-3-5-8(9)7(6)2;1-5-3-7(9)8(10)4-6(5)2;2*1-6-4-3-5-8(9)7(6)2;3*1-7-5-3-4-6-8(7)2;1-5-4-6(8)2-3-7(5)9;1-5-6(8)3-2-4-7(5)9;1-6-2-4-7(8)5-3-6;;;;;;/h4-6H,1-3H3;2-3,6H,4-5H2,1H3;4-6H,1-3H3;3-5,10H,6H2,1-2H3;4-6H,1-3H3;3-5H,1-2H3;3-4H,1-2H3;2*3-5H,1-2H3;3*3-6H,1-2H3;2*2-4H,1H3;2-5H,1H3;6*1H4. The molecule has 2 heterocycles. The number of ether oxygens (including phenoxy) is 5. The Hall–Kier alpha value is -13.1. The van der Waals surface area contributed by atoms with Gasteiger partial charge in [0.25, 0.3) is 0 Å². The summed E-state index contributed by atoms with van der Waals surface area (Å²) in [5.41, 5.74) is 29.7. The first kappa shape index (κ1) is 138. The molecule has 0 aromatic heterocycles. The van der Waals surface area contributed by atoms with Gasteiger partial charge in [-0.15, -0.1) is 0 Å². The van der Waals surface area contributed by atoms with Gasteiger partial charge in [-0.3, -0.25) is 0 Å². The zero-order chi connectivity index (χ0) is 104. The Labute approximate surface area is 873 Å². The Kier molecular flexibility index (Phi) is 68.8. The van der Waals surface area contributed by atoms with Crippen LogP contribution in [0.4, 0.5) is 39.5 Å². The van der Waals surface area contributed by atoms with E-state index in [1.807, 2.05) is 154 Å². The number of benzene rings is 15. The molecular weight excluding hydrogens is 1850 g/mol. The van der Waals surface area contributed by atoms with Crippen LogP contribution in [0.1, 0.15) is 209 Å². The number of aliphatic hydroxyl groups excluding tert-OH is 1. The normalized spacial score (nSPS) is 10.3. The van der Waals surface area contributed by atoms with Crippen molar-refractivity contribution >= 4 is 11.6 Å². The molecule has 1 N–H and O–H groups in total. The summed E-state index contributed by atoms with van der Waals surface area (Å²) in [6.45, 7) is 56.5. The average molecular weight is 2020 g/mol. The highest BCUT2D eigenvalue weighted by molar-refractivity contribution is 6.31. The van der Waals surface area contributed by atoms with E-state index in [-0.39, 0.29) is 80.0 Å². The van der Waals surface area contributed by atoms with E-state index in [4.69, 9.17) is 40.4 Å². The molecule has 2 aliphatic rings. The zero-order valence-corrected chi connectivity index (χ0v) is 87.4. The molecule has 2 aliphatic heterocycles. The third-order valence-corrected chi connectivity index (χ3v) is 23.0. The number of aryl methyl sites for hydroxylation is 20. The first-order valence-corrected chi connectivity index (χ1v) is 46.2. The molecule has 145 heavy (non-hydrogen) atoms. The van der Waals surface area contributed by atoms with Crippen molar-refractivity contribution < 1.29 is 68.3 Å². The number of hydrogen-bond donors (Lipinski definition) is 1. The van der Waals surface area contributed by atoms with Crippen LogP contribution < -0.4 is 23.7 Å². The molecule has 0 fully saturated rings. The van der Waals surface area contributed by atoms with Gasteiger partial charge in [-0.2, -0.15) is 0 Å². The predicted molar refractivity (Wildman–Crippen MR) is 604 cm³/mol. The molecule has 788 valence electrons. The van der Waals surface area contributed by atoms with Gasteiger partial charge >= 0.3 is 0 Å². The zero-order valence-electron chi connectivity index (χ0n) is 86.6. The van der Waals surface area contributed by atoms with E-state index >= 15 is 0 Å². The van der Waals surface area contributed by atoms with Crippen molar-refractivity contribution in [3.05, 3.63) is 499 Å². The fraction of sp³-hybridized carbons (Fsp3) is 0.302. The summed E-state index contributed by atoms with van der Waals surface area (Å²) >= 11 is 5.81. The van der Waals surface area contributed by atoms with Crippen LogP contribution in [0.3, 0.4) is 0 Å². The molecule has 0 bridgehead atoms. The number of aliphatic hydroxyl groups is 1. The molecule has 0 atom stereocenters. The van der Waals surface area contributed by atoms with E-state index in [1.54, 1.807) is 59.1 Å². The minimum Gasteiger partial charge on any atom is -0.496 e. The van der Waals surface area contributed by atoms with E-state index in [2.05, 4.69) is 192 Å². The first-order chi connectivity index (χ1) is 65.5. The highest BCUT2D eigenvalue weighted by Crippen LogP contribution is 2.39. The molecule has 17 rings (SSSR count). The van der Waals surface area contributed by atoms with Gasteiger partial charge < -0.3 is 28.8 Å². The SMILES string of the molecule is C.C.C.C.C.C.COc1cccc(C)c1C.Cc1c(F)cccc1F.Cc1cc(F)c(F)cc1C.Cc1cc(F)ccc1F.Cc1ccc(CO)c(C)c1.Cc1ccc(F)cc1.Cc1ccc2c(c1)OC(C)(C)O2.Cc1ccc2c(c1)OCCO2.Cc1cccc(C)c1C.Cc1cccc(Cl)c1C.Cc1cccc(F)c1C.Cc1cccc(F)c1C.Cc1ccccc1C.Cc1ccccc1C.Cc1ccccc1C. The van der Waals surface area contributed by atoms with Crippen molar-refractivity contribution in [1.29, 1.82) is 0 Å². The van der Waals surface area contributed by atoms with Crippen LogP contribution in [0.5, 0.6) is 28.7 Å². The van der Waals surface area contributed by atoms with Crippen molar-refractivity contribution in [3.63, 3.8) is 0 Å². The van der Waals surface area contributed by atoms with Gasteiger partial charge in [0.15, 0.2) is 34.6 Å². The molecule has 6 nitrogen and oxygen atoms in total. The Bertz CT molecular complexity index is 5620. The van der Waals surface area contributed by atoms with Gasteiger partial charge in [0.2, 0.25) is 5.79 Å². The van der Waals surface area contributed by atoms with Crippen molar-refractivity contribution in [2.45, 2.75) is 251 Å². The smallest absolute Gasteiger partial charge is 0.246 e. The lowest BCUT2D eigenvalue weighted by atomic mass is 10.1. The molecule has 0 unspecified atom stereocenters. The number of halogens is 10. The molecule has 16 heteroatoms. The quantitative estimate of drug-likeness (QED) is 0.174. The van der Waals surface area contributed by atoms with Crippen molar-refractivity contribution in [2.24, 2.45) is 0 Å². The Balaban J connectivity index is -0.000000733. The monoisotopic (exact) mass is 2020 g/mol. The Morgan fingerprint density at radius 3 is 0.890 bits per heavy atom. The summed E-state index contributed by atoms with van der Waals surface area (Å²) < 4.78 is 138. The number of hydrogen-bond acceptors (Lipinski definition) is 6. The summed E-state index contributed by atoms with van der Waals surface area (Å²) in [7, 11) is 1.70. The summed E-state index contributed by atoms with van der Waals surface area (Å²) in [5.74, 6) is 0.196. The minimum absolute atomic E-state index is 0. The maximum atomic E-state index is 12.6. The van der Waals surface area contributed by atoms with Crippen LogP contribution in [-0.2, 0) is 6.61 Å². The van der Waals surface area contributed by atoms with E-state index in [0.29, 0.717) is 18.8 Å². The third-order valence-electron chi connectivity index (χ3n) is 22.6. The molecule has 0 saturated carbocycles. The lowest BCUT2D eigenvalue weighted by Gasteiger charge is -2.18. The molecule has 0 radical (unpaired) electrons. The van der Waals surface area contributed by atoms with Gasteiger partial charge in [-0.05, 0) is 417 Å². The highest BCUT2D eigenvalue weighted by atomic mass is 35.5. The van der Waals surface area contributed by atoms with Gasteiger partial charge in [-0.1, -0.05) is 255 Å². The van der Waals surface area contributed by atoms with Crippen molar-refractivity contribution in [2.75, 3.05) is 20.3 Å². The van der Waals surface area contributed by atoms with Crippen LogP contribution in [-0.4, -0.2) is 31.2 Å². The molecule has 15 aromatic carbocycles. The van der Waals surface area contributed by atoms with E-state index in [9.17, 15) is 39.5 Å². The highest BCUT2D eigenvalue weighted by Gasteiger charge is 2.31. The van der Waals surface area contributed by atoms with Crippen molar-refractivity contribution in [1.82, 2.24) is 0 Å². The number of methoxy groups -OCH3 is 1. The molecule has 0 amide bonds. The second kappa shape index (κ2) is 72.2. The average Bonchev–Trinajstić information content (AvgIpc) is 1.66. The maximum absolute atomic E-state index is 12.6. The lowest BCUT2D eigenvalue weighted by molar-refractivity contribution is -0.0431. The van der Waals surface area contributed by atoms with Crippen LogP contribution in [0.15, 0.2) is 291 Å². The van der Waals surface area contributed by atoms with Crippen LogP contribution >= 0.6 is 11.6 Å². The molecule has 0 spiro atoms. The fourth-order valence-corrected chi connectivity index (χ4v) is 12.2. The number of rotatable bonds is 2. The second-order valence-electron chi connectivity index (χ2n) is 34.4. The Morgan fingerprint density at radius 2 is 0.559 bits per heavy atom. The summed E-state index contributed by atoms with van der Waals surface area (Å²) in [5, 5.41) is 9.67. The third kappa shape index (κ3) is 52.8. The fourth-order valence-electron chi connectivity index (χ4n) is 11.9. The summed E-state index contributed by atoms with van der Waals surface area (Å²) in [6, 6.07) is 87.6. The first-order valence-electron chi connectivity index (χ1n) is 45.8. The number of fused-ring (bicyclic) bond motifs is 2. The topological polar surface area (TPSA) is 66.4 Å². The van der Waals surface area contributed by atoms with Crippen LogP contribution in [0, 0.1) is 232 Å². The summed E-state index contributed by atoms with van der Waals surface area (Å²) in [6.07, 6.45) is 0. The van der Waals surface area contributed by atoms with Crippen molar-refractivity contribution in [3.8, 4) is 28.7 Å². The lowest BCUT2D eigenvalue weighted by Crippen LogP contribution is -2.29. The molecular formula is C129H166ClF9O6. The van der Waals surface area contributed by atoms with Gasteiger partial charge in [0, 0.05) is 24.4 Å². The van der Waals surface area contributed by atoms with Crippen LogP contribution in [0.2, 0.25) is 5.02 Å². The molecule has 15 aromatic rings.